The Labute approximate surface area is 212 Å². The molecule has 4 aromatic rings. The van der Waals surface area contributed by atoms with Crippen LogP contribution in [0.1, 0.15) is 40.3 Å². The average molecular weight is 507 g/mol. The van der Waals surface area contributed by atoms with Crippen molar-refractivity contribution in [1.82, 2.24) is 25.1 Å². The van der Waals surface area contributed by atoms with Gasteiger partial charge in [-0.05, 0) is 32.9 Å². The number of amides is 2. The lowest BCUT2D eigenvalue weighted by molar-refractivity contribution is -0.113. The summed E-state index contributed by atoms with van der Waals surface area (Å²) in [5.74, 6) is 0.420. The van der Waals surface area contributed by atoms with Gasteiger partial charge in [-0.3, -0.25) is 9.59 Å². The van der Waals surface area contributed by atoms with Crippen molar-refractivity contribution in [2.45, 2.75) is 32.0 Å². The molecule has 0 spiro atoms. The van der Waals surface area contributed by atoms with E-state index in [9.17, 15) is 9.59 Å². The summed E-state index contributed by atoms with van der Waals surface area (Å²) in [4.78, 5) is 29.6. The number of thiazole rings is 1. The summed E-state index contributed by atoms with van der Waals surface area (Å²) in [5, 5.41) is 17.3. The molecule has 0 unspecified atom stereocenters. The highest BCUT2D eigenvalue weighted by Gasteiger charge is 2.19. The third kappa shape index (κ3) is 6.14. The van der Waals surface area contributed by atoms with E-state index in [-0.39, 0.29) is 23.6 Å². The van der Waals surface area contributed by atoms with Gasteiger partial charge in [-0.25, -0.2) is 4.98 Å². The van der Waals surface area contributed by atoms with Gasteiger partial charge in [-0.1, -0.05) is 59.3 Å². The minimum absolute atomic E-state index is 0.162. The van der Waals surface area contributed by atoms with Crippen LogP contribution in [0.3, 0.4) is 0 Å². The van der Waals surface area contributed by atoms with E-state index in [0.29, 0.717) is 21.7 Å². The van der Waals surface area contributed by atoms with Crippen molar-refractivity contribution in [2.75, 3.05) is 11.1 Å². The zero-order valence-corrected chi connectivity index (χ0v) is 21.5. The van der Waals surface area contributed by atoms with Crippen molar-refractivity contribution in [3.05, 3.63) is 76.4 Å². The van der Waals surface area contributed by atoms with Crippen LogP contribution in [-0.4, -0.2) is 37.3 Å². The molecule has 0 aliphatic carbocycles. The second-order valence-electron chi connectivity index (χ2n) is 8.21. The number of nitrogens with one attached hydrogen (secondary N) is 2. The Morgan fingerprint density at radius 1 is 1.09 bits per heavy atom. The minimum atomic E-state index is -0.348. The van der Waals surface area contributed by atoms with E-state index in [1.54, 1.807) is 10.6 Å². The number of carbonyl (C=O) groups excluding carboxylic acids is 2. The molecule has 0 saturated carbocycles. The van der Waals surface area contributed by atoms with Gasteiger partial charge < -0.3 is 15.2 Å². The Balaban J connectivity index is 1.32. The summed E-state index contributed by atoms with van der Waals surface area (Å²) in [6, 6.07) is 15.2. The van der Waals surface area contributed by atoms with Gasteiger partial charge in [0.25, 0.3) is 5.91 Å². The third-order valence-electron chi connectivity index (χ3n) is 5.31. The molecule has 10 heteroatoms. The molecule has 4 rings (SSSR count). The second kappa shape index (κ2) is 10.8. The number of hydrogen-bond donors (Lipinski definition) is 2. The third-order valence-corrected chi connectivity index (χ3v) is 7.09. The monoisotopic (exact) mass is 506 g/mol. The number of aromatic nitrogens is 4. The lowest BCUT2D eigenvalue weighted by Gasteiger charge is -2.14. The molecule has 0 radical (unpaired) electrons. The number of carbonyl (C=O) groups is 2. The highest BCUT2D eigenvalue weighted by molar-refractivity contribution is 7.99. The molecule has 2 aromatic heterocycles. The SMILES string of the molecule is Cc1ccc(-c2csc(NC(=O)CSc3nnc([C@@H](C)NC(=O)c4cccc(C)c4)n3C)n2)cc1. The first-order valence-corrected chi connectivity index (χ1v) is 12.9. The van der Waals surface area contributed by atoms with Gasteiger partial charge in [0.05, 0.1) is 17.5 Å². The van der Waals surface area contributed by atoms with Crippen LogP contribution in [0, 0.1) is 13.8 Å². The van der Waals surface area contributed by atoms with Crippen molar-refractivity contribution in [3.8, 4) is 11.3 Å². The van der Waals surface area contributed by atoms with Crippen molar-refractivity contribution in [1.29, 1.82) is 0 Å². The Morgan fingerprint density at radius 3 is 2.60 bits per heavy atom. The normalized spacial score (nSPS) is 11.8. The fourth-order valence-corrected chi connectivity index (χ4v) is 4.89. The van der Waals surface area contributed by atoms with Crippen LogP contribution in [0.4, 0.5) is 5.13 Å². The number of thioether (sulfide) groups is 1. The molecule has 2 N–H and O–H groups in total. The average Bonchev–Trinajstić information content (AvgIpc) is 3.44. The van der Waals surface area contributed by atoms with Crippen LogP contribution in [0.5, 0.6) is 0 Å². The number of nitrogens with zero attached hydrogens (tertiary/aromatic N) is 4. The predicted molar refractivity (Wildman–Crippen MR) is 140 cm³/mol. The molecule has 2 aromatic carbocycles. The maximum Gasteiger partial charge on any atom is 0.251 e. The molecule has 2 amide bonds. The lowest BCUT2D eigenvalue weighted by Crippen LogP contribution is -2.28. The lowest BCUT2D eigenvalue weighted by atomic mass is 10.1. The summed E-state index contributed by atoms with van der Waals surface area (Å²) in [6.45, 7) is 5.84. The Kier molecular flexibility index (Phi) is 7.62. The summed E-state index contributed by atoms with van der Waals surface area (Å²) in [5.41, 5.74) is 4.64. The summed E-state index contributed by atoms with van der Waals surface area (Å²) < 4.78 is 1.79. The quantitative estimate of drug-likeness (QED) is 0.334. The first-order chi connectivity index (χ1) is 16.8. The molecule has 35 heavy (non-hydrogen) atoms. The molecule has 0 aliphatic rings. The molecule has 0 fully saturated rings. The topological polar surface area (TPSA) is 102 Å². The molecule has 8 nitrogen and oxygen atoms in total. The number of aryl methyl sites for hydroxylation is 2. The van der Waals surface area contributed by atoms with E-state index in [1.807, 2.05) is 75.7 Å². The van der Waals surface area contributed by atoms with E-state index in [2.05, 4.69) is 25.8 Å². The Hall–Kier alpha value is -3.50. The summed E-state index contributed by atoms with van der Waals surface area (Å²) in [7, 11) is 1.82. The number of rotatable bonds is 8. The molecular weight excluding hydrogens is 480 g/mol. The van der Waals surface area contributed by atoms with Crippen LogP contribution in [0.2, 0.25) is 0 Å². The minimum Gasteiger partial charge on any atom is -0.342 e. The maximum absolute atomic E-state index is 12.6. The van der Waals surface area contributed by atoms with Crippen LogP contribution in [0.25, 0.3) is 11.3 Å². The van der Waals surface area contributed by atoms with Crippen LogP contribution >= 0.6 is 23.1 Å². The molecule has 0 aliphatic heterocycles. The molecular formula is C25H26N6O2S2. The summed E-state index contributed by atoms with van der Waals surface area (Å²) >= 11 is 2.66. The van der Waals surface area contributed by atoms with E-state index in [4.69, 9.17) is 0 Å². The van der Waals surface area contributed by atoms with Gasteiger partial charge in [0.1, 0.15) is 0 Å². The van der Waals surface area contributed by atoms with E-state index >= 15 is 0 Å². The highest BCUT2D eigenvalue weighted by Crippen LogP contribution is 2.26. The number of hydrogen-bond acceptors (Lipinski definition) is 7. The van der Waals surface area contributed by atoms with Gasteiger partial charge in [0, 0.05) is 23.6 Å². The van der Waals surface area contributed by atoms with Crippen molar-refractivity contribution in [3.63, 3.8) is 0 Å². The van der Waals surface area contributed by atoms with Crippen LogP contribution in [-0.2, 0) is 11.8 Å². The second-order valence-corrected chi connectivity index (χ2v) is 10.0. The first kappa shape index (κ1) is 24.6. The zero-order valence-electron chi connectivity index (χ0n) is 19.9. The number of anilines is 1. The van der Waals surface area contributed by atoms with E-state index in [0.717, 1.165) is 16.8 Å². The van der Waals surface area contributed by atoms with Crippen LogP contribution in [0.15, 0.2) is 59.1 Å². The fourth-order valence-electron chi connectivity index (χ4n) is 3.43. The van der Waals surface area contributed by atoms with Gasteiger partial charge >= 0.3 is 0 Å². The van der Waals surface area contributed by atoms with E-state index < -0.39 is 0 Å². The predicted octanol–water partition coefficient (Wildman–Crippen LogP) is 4.78. The van der Waals surface area contributed by atoms with Gasteiger partial charge in [-0.2, -0.15) is 0 Å². The van der Waals surface area contributed by atoms with Crippen LogP contribution < -0.4 is 10.6 Å². The van der Waals surface area contributed by atoms with Gasteiger partial charge in [-0.15, -0.1) is 21.5 Å². The Morgan fingerprint density at radius 2 is 1.86 bits per heavy atom. The highest BCUT2D eigenvalue weighted by atomic mass is 32.2. The van der Waals surface area contributed by atoms with Gasteiger partial charge in [0.2, 0.25) is 5.91 Å². The van der Waals surface area contributed by atoms with Gasteiger partial charge in [0.15, 0.2) is 16.1 Å². The van der Waals surface area contributed by atoms with E-state index in [1.165, 1.54) is 28.7 Å². The van der Waals surface area contributed by atoms with Crippen molar-refractivity contribution in [2.24, 2.45) is 7.05 Å². The zero-order chi connectivity index (χ0) is 24.9. The largest absolute Gasteiger partial charge is 0.342 e. The smallest absolute Gasteiger partial charge is 0.251 e. The molecule has 1 atom stereocenters. The van der Waals surface area contributed by atoms with Crippen molar-refractivity contribution < 1.29 is 9.59 Å². The fraction of sp³-hybridized carbons (Fsp3) is 0.240. The molecule has 2 heterocycles. The molecule has 0 saturated heterocycles. The first-order valence-electron chi connectivity index (χ1n) is 11.0. The van der Waals surface area contributed by atoms with Crippen molar-refractivity contribution >= 4 is 40.0 Å². The standard InChI is InChI=1S/C25H26N6O2S2/c1-15-8-10-18(11-9-15)20-13-34-24(27-20)28-21(32)14-35-25-30-29-22(31(25)4)17(3)26-23(33)19-7-5-6-16(2)12-19/h5-13,17H,14H2,1-4H3,(H,26,33)(H,27,28,32)/t17-/m1/s1. The Bertz CT molecular complexity index is 1350. The maximum atomic E-state index is 12.6. The number of benzene rings is 2. The molecule has 0 bridgehead atoms. The molecule has 180 valence electrons. The summed E-state index contributed by atoms with van der Waals surface area (Å²) in [6.07, 6.45) is 0.